The summed E-state index contributed by atoms with van der Waals surface area (Å²) < 4.78 is 25.8. The van der Waals surface area contributed by atoms with Gasteiger partial charge in [-0.25, -0.2) is 8.42 Å². The lowest BCUT2D eigenvalue weighted by Gasteiger charge is -2.59. The molecule has 0 aliphatic heterocycles. The predicted octanol–water partition coefficient (Wildman–Crippen LogP) is 1.74. The maximum Gasteiger partial charge on any atom is 0.247 e. The SMILES string of the molecule is NC(=O)C12CC3CC(C1)C(NC(=O)C1(N(c4ccccc4)[SH](=O)=O)CCC1)C(C3)C2. The minimum Gasteiger partial charge on any atom is -0.369 e. The van der Waals surface area contributed by atoms with Crippen LogP contribution in [-0.2, 0) is 20.5 Å². The van der Waals surface area contributed by atoms with E-state index in [9.17, 15) is 18.0 Å². The highest BCUT2D eigenvalue weighted by Crippen LogP contribution is 2.60. The van der Waals surface area contributed by atoms with Crippen LogP contribution in [0.2, 0.25) is 0 Å². The van der Waals surface area contributed by atoms with Gasteiger partial charge in [0, 0.05) is 11.5 Å². The highest BCUT2D eigenvalue weighted by atomic mass is 32.2. The van der Waals surface area contributed by atoms with Crippen molar-refractivity contribution in [1.29, 1.82) is 0 Å². The lowest BCUT2D eigenvalue weighted by Crippen LogP contribution is -2.68. The summed E-state index contributed by atoms with van der Waals surface area (Å²) >= 11 is 0. The van der Waals surface area contributed by atoms with Gasteiger partial charge in [-0.1, -0.05) is 18.2 Å². The average molecular weight is 432 g/mol. The van der Waals surface area contributed by atoms with Crippen LogP contribution < -0.4 is 15.4 Å². The van der Waals surface area contributed by atoms with Crippen molar-refractivity contribution < 1.29 is 18.0 Å². The second-order valence-electron chi connectivity index (χ2n) is 9.88. The minimum absolute atomic E-state index is 0.00107. The van der Waals surface area contributed by atoms with Crippen molar-refractivity contribution in [3.8, 4) is 0 Å². The Bertz CT molecular complexity index is 919. The van der Waals surface area contributed by atoms with E-state index in [2.05, 4.69) is 5.32 Å². The number of nitrogens with one attached hydrogen (secondary N) is 1. The van der Waals surface area contributed by atoms with Crippen LogP contribution in [0.4, 0.5) is 5.69 Å². The molecule has 0 aromatic heterocycles. The second kappa shape index (κ2) is 6.97. The summed E-state index contributed by atoms with van der Waals surface area (Å²) in [6.07, 6.45) is 6.27. The molecule has 5 saturated carbocycles. The van der Waals surface area contributed by atoms with Crippen LogP contribution in [0.25, 0.3) is 0 Å². The molecule has 5 aliphatic rings. The van der Waals surface area contributed by atoms with Gasteiger partial charge in [0.25, 0.3) is 0 Å². The minimum atomic E-state index is -2.96. The number of benzene rings is 1. The number of primary amides is 1. The summed E-state index contributed by atoms with van der Waals surface area (Å²) in [6.45, 7) is 0. The van der Waals surface area contributed by atoms with Crippen molar-refractivity contribution in [1.82, 2.24) is 5.32 Å². The Kier molecular flexibility index (Phi) is 4.61. The van der Waals surface area contributed by atoms with Crippen molar-refractivity contribution in [3.63, 3.8) is 0 Å². The van der Waals surface area contributed by atoms with Crippen LogP contribution in [0.15, 0.2) is 30.3 Å². The highest BCUT2D eigenvalue weighted by Gasteiger charge is 2.59. The molecule has 0 heterocycles. The van der Waals surface area contributed by atoms with Gasteiger partial charge in [-0.3, -0.25) is 13.9 Å². The number of rotatable bonds is 6. The monoisotopic (exact) mass is 431 g/mol. The summed E-state index contributed by atoms with van der Waals surface area (Å²) in [5.74, 6) is 0.618. The molecule has 3 N–H and O–H groups in total. The normalized spacial score (nSPS) is 35.6. The molecule has 0 spiro atoms. The molecule has 1 aromatic rings. The summed E-state index contributed by atoms with van der Waals surface area (Å²) in [6, 6.07) is 8.87. The molecule has 4 bridgehead atoms. The molecule has 30 heavy (non-hydrogen) atoms. The Morgan fingerprint density at radius 2 is 1.67 bits per heavy atom. The van der Waals surface area contributed by atoms with Gasteiger partial charge in [0.15, 0.2) is 0 Å². The molecular formula is C22H29N3O4S. The largest absolute Gasteiger partial charge is 0.369 e. The van der Waals surface area contributed by atoms with Crippen LogP contribution in [0.5, 0.6) is 0 Å². The number of anilines is 1. The van der Waals surface area contributed by atoms with E-state index >= 15 is 0 Å². The van der Waals surface area contributed by atoms with Gasteiger partial charge in [0.2, 0.25) is 22.7 Å². The fourth-order valence-electron chi connectivity index (χ4n) is 6.96. The fourth-order valence-corrected chi connectivity index (χ4v) is 7.89. The van der Waals surface area contributed by atoms with Crippen molar-refractivity contribution in [2.24, 2.45) is 28.9 Å². The first-order valence-electron chi connectivity index (χ1n) is 11.0. The Hall–Kier alpha value is -2.09. The average Bonchev–Trinajstić information content (AvgIpc) is 2.67. The molecule has 5 fully saturated rings. The first-order chi connectivity index (χ1) is 14.3. The van der Waals surface area contributed by atoms with Crippen molar-refractivity contribution in [2.45, 2.75) is 62.9 Å². The molecule has 162 valence electrons. The van der Waals surface area contributed by atoms with Crippen LogP contribution in [-0.4, -0.2) is 31.8 Å². The summed E-state index contributed by atoms with van der Waals surface area (Å²) in [5.41, 5.74) is 4.85. The number of amides is 2. The third kappa shape index (κ3) is 2.87. The van der Waals surface area contributed by atoms with Gasteiger partial charge in [-0.2, -0.15) is 0 Å². The zero-order chi connectivity index (χ0) is 21.1. The van der Waals surface area contributed by atoms with Crippen LogP contribution in [0.3, 0.4) is 0 Å². The van der Waals surface area contributed by atoms with E-state index in [4.69, 9.17) is 5.73 Å². The number of hydrogen-bond donors (Lipinski definition) is 3. The summed E-state index contributed by atoms with van der Waals surface area (Å²) in [5, 5.41) is 3.27. The van der Waals surface area contributed by atoms with Crippen LogP contribution in [0.1, 0.15) is 51.4 Å². The lowest BCUT2D eigenvalue weighted by atomic mass is 9.47. The quantitative estimate of drug-likeness (QED) is 0.596. The van der Waals surface area contributed by atoms with Crippen molar-refractivity contribution in [2.75, 3.05) is 4.31 Å². The van der Waals surface area contributed by atoms with E-state index in [1.807, 2.05) is 6.07 Å². The van der Waals surface area contributed by atoms with Gasteiger partial charge in [0.1, 0.15) is 5.54 Å². The van der Waals surface area contributed by atoms with Crippen LogP contribution >= 0.6 is 0 Å². The topological polar surface area (TPSA) is 110 Å². The number of para-hydroxylation sites is 1. The number of nitrogens with two attached hydrogens (primary N) is 1. The highest BCUT2D eigenvalue weighted by molar-refractivity contribution is 7.74. The Morgan fingerprint density at radius 3 is 2.17 bits per heavy atom. The first kappa shape index (κ1) is 19.8. The summed E-state index contributed by atoms with van der Waals surface area (Å²) in [4.78, 5) is 25.7. The Morgan fingerprint density at radius 1 is 1.03 bits per heavy atom. The molecule has 8 heteroatoms. The van der Waals surface area contributed by atoms with Gasteiger partial charge in [-0.05, 0) is 81.3 Å². The van der Waals surface area contributed by atoms with Crippen molar-refractivity contribution >= 4 is 28.4 Å². The molecule has 7 nitrogen and oxygen atoms in total. The van der Waals surface area contributed by atoms with Gasteiger partial charge in [-0.15, -0.1) is 0 Å². The number of thiol groups is 1. The second-order valence-corrected chi connectivity index (χ2v) is 10.8. The Labute approximate surface area is 178 Å². The standard InChI is InChI=1S/C22H29N3O4S/c23-19(26)21-11-14-9-15(12-21)18(16(10-14)13-21)24-20(27)22(7-4-8-22)25(30(28)29)17-5-2-1-3-6-17/h1-3,5-6,14-16,18,30H,4,7-13H2,(H2,23,26)(H,24,27). The number of carbonyl (C=O) groups excluding carboxylic acids is 2. The molecule has 0 saturated heterocycles. The number of nitrogens with zero attached hydrogens (tertiary/aromatic N) is 1. The smallest absolute Gasteiger partial charge is 0.247 e. The third-order valence-electron chi connectivity index (χ3n) is 8.27. The number of hydrogen-bond acceptors (Lipinski definition) is 4. The van der Waals surface area contributed by atoms with E-state index < -0.39 is 21.8 Å². The lowest BCUT2D eigenvalue weighted by molar-refractivity contribution is -0.148. The molecule has 2 unspecified atom stereocenters. The maximum atomic E-state index is 13.6. The zero-order valence-electron chi connectivity index (χ0n) is 17.0. The van der Waals surface area contributed by atoms with E-state index in [0.717, 1.165) is 38.5 Å². The molecule has 0 radical (unpaired) electrons. The molecule has 2 amide bonds. The first-order valence-corrected chi connectivity index (χ1v) is 12.1. The van der Waals surface area contributed by atoms with Crippen LogP contribution in [0, 0.1) is 23.2 Å². The number of carbonyl (C=O) groups is 2. The van der Waals surface area contributed by atoms with E-state index in [1.165, 1.54) is 4.31 Å². The fraction of sp³-hybridized carbons (Fsp3) is 0.636. The van der Waals surface area contributed by atoms with Crippen molar-refractivity contribution in [3.05, 3.63) is 30.3 Å². The third-order valence-corrected chi connectivity index (χ3v) is 9.21. The zero-order valence-corrected chi connectivity index (χ0v) is 17.9. The molecule has 1 aromatic carbocycles. The maximum absolute atomic E-state index is 13.6. The summed E-state index contributed by atoms with van der Waals surface area (Å²) in [7, 11) is -2.96. The Balaban J connectivity index is 1.40. The molecule has 5 aliphatic carbocycles. The van der Waals surface area contributed by atoms with Gasteiger partial charge in [0.05, 0.1) is 5.69 Å². The molecule has 2 atom stereocenters. The van der Waals surface area contributed by atoms with Gasteiger partial charge < -0.3 is 11.1 Å². The molecule has 6 rings (SSSR count). The van der Waals surface area contributed by atoms with E-state index in [0.29, 0.717) is 24.4 Å². The molecular weight excluding hydrogens is 402 g/mol. The van der Waals surface area contributed by atoms with Gasteiger partial charge >= 0.3 is 0 Å². The van der Waals surface area contributed by atoms with E-state index in [-0.39, 0.29) is 29.7 Å². The predicted molar refractivity (Wildman–Crippen MR) is 113 cm³/mol. The van der Waals surface area contributed by atoms with E-state index in [1.54, 1.807) is 24.3 Å².